The number of rotatable bonds is 7. The van der Waals surface area contributed by atoms with Gasteiger partial charge in [0.25, 0.3) is 0 Å². The molecular formula is C15H25N3OS. The summed E-state index contributed by atoms with van der Waals surface area (Å²) in [4.78, 5) is 12.1. The van der Waals surface area contributed by atoms with Crippen molar-refractivity contribution in [3.63, 3.8) is 0 Å². The molecule has 0 saturated heterocycles. The number of thioether (sulfide) groups is 1. The third-order valence-corrected chi connectivity index (χ3v) is 5.22. The standard InChI is InChI=1S/C15H25N3OS/c1-2-14(18-11-6-9-17-18)15(19)16-10-12-20-13-7-4-3-5-8-13/h6,9,11,13-14H,2-5,7-8,10,12H2,1H3,(H,16,19)/t14-/m0/s1. The van der Waals surface area contributed by atoms with Crippen LogP contribution in [0.1, 0.15) is 51.5 Å². The molecule has 2 rings (SSSR count). The second kappa shape index (κ2) is 8.35. The molecule has 0 unspecified atom stereocenters. The predicted octanol–water partition coefficient (Wildman–Crippen LogP) is 3.02. The van der Waals surface area contributed by atoms with Crippen LogP contribution in [0.2, 0.25) is 0 Å². The van der Waals surface area contributed by atoms with Crippen LogP contribution in [0, 0.1) is 0 Å². The molecule has 1 N–H and O–H groups in total. The molecule has 1 amide bonds. The Morgan fingerprint density at radius 2 is 2.25 bits per heavy atom. The van der Waals surface area contributed by atoms with Crippen LogP contribution in [-0.2, 0) is 4.79 Å². The van der Waals surface area contributed by atoms with E-state index in [1.807, 2.05) is 30.9 Å². The van der Waals surface area contributed by atoms with Crippen molar-refractivity contribution in [1.82, 2.24) is 15.1 Å². The molecule has 0 spiro atoms. The molecule has 0 aliphatic heterocycles. The Bertz CT molecular complexity index is 388. The van der Waals surface area contributed by atoms with E-state index in [-0.39, 0.29) is 11.9 Å². The molecule has 20 heavy (non-hydrogen) atoms. The summed E-state index contributed by atoms with van der Waals surface area (Å²) < 4.78 is 1.74. The van der Waals surface area contributed by atoms with E-state index in [0.29, 0.717) is 0 Å². The zero-order valence-electron chi connectivity index (χ0n) is 12.3. The first-order valence-electron chi connectivity index (χ1n) is 7.69. The van der Waals surface area contributed by atoms with E-state index in [9.17, 15) is 4.79 Å². The van der Waals surface area contributed by atoms with E-state index < -0.39 is 0 Å². The van der Waals surface area contributed by atoms with Crippen LogP contribution in [0.3, 0.4) is 0 Å². The van der Waals surface area contributed by atoms with Gasteiger partial charge in [-0.05, 0) is 25.3 Å². The minimum Gasteiger partial charge on any atom is -0.353 e. The van der Waals surface area contributed by atoms with E-state index >= 15 is 0 Å². The van der Waals surface area contributed by atoms with E-state index in [2.05, 4.69) is 10.4 Å². The molecule has 112 valence electrons. The molecule has 0 radical (unpaired) electrons. The summed E-state index contributed by atoms with van der Waals surface area (Å²) in [7, 11) is 0. The second-order valence-electron chi connectivity index (χ2n) is 5.33. The minimum absolute atomic E-state index is 0.0837. The maximum Gasteiger partial charge on any atom is 0.244 e. The molecule has 1 aromatic heterocycles. The molecule has 1 aliphatic carbocycles. The van der Waals surface area contributed by atoms with Crippen molar-refractivity contribution in [3.8, 4) is 0 Å². The molecule has 0 bridgehead atoms. The van der Waals surface area contributed by atoms with Crippen molar-refractivity contribution in [1.29, 1.82) is 0 Å². The van der Waals surface area contributed by atoms with Crippen LogP contribution >= 0.6 is 11.8 Å². The zero-order chi connectivity index (χ0) is 14.2. The normalized spacial score (nSPS) is 17.9. The van der Waals surface area contributed by atoms with Crippen molar-refractivity contribution in [2.75, 3.05) is 12.3 Å². The van der Waals surface area contributed by atoms with Gasteiger partial charge in [0.1, 0.15) is 6.04 Å². The first-order chi connectivity index (χ1) is 9.81. The fraction of sp³-hybridized carbons (Fsp3) is 0.733. The van der Waals surface area contributed by atoms with Crippen LogP contribution in [0.25, 0.3) is 0 Å². The summed E-state index contributed by atoms with van der Waals surface area (Å²) in [5.41, 5.74) is 0. The van der Waals surface area contributed by atoms with Gasteiger partial charge >= 0.3 is 0 Å². The molecule has 0 aromatic carbocycles. The lowest BCUT2D eigenvalue weighted by Crippen LogP contribution is -2.34. The van der Waals surface area contributed by atoms with Crippen molar-refractivity contribution in [3.05, 3.63) is 18.5 Å². The lowest BCUT2D eigenvalue weighted by Gasteiger charge is -2.21. The summed E-state index contributed by atoms with van der Waals surface area (Å²) in [5, 5.41) is 8.02. The molecule has 1 aliphatic rings. The highest BCUT2D eigenvalue weighted by Crippen LogP contribution is 2.27. The van der Waals surface area contributed by atoms with Crippen LogP contribution < -0.4 is 5.32 Å². The summed E-state index contributed by atoms with van der Waals surface area (Å²) in [6.07, 6.45) is 11.2. The zero-order valence-corrected chi connectivity index (χ0v) is 13.1. The number of hydrogen-bond donors (Lipinski definition) is 1. The average Bonchev–Trinajstić information content (AvgIpc) is 2.99. The quantitative estimate of drug-likeness (QED) is 0.787. The largest absolute Gasteiger partial charge is 0.353 e. The van der Waals surface area contributed by atoms with Gasteiger partial charge in [-0.1, -0.05) is 26.2 Å². The SMILES string of the molecule is CC[C@@H](C(=O)NCCSC1CCCCC1)n1cccn1. The van der Waals surface area contributed by atoms with Gasteiger partial charge in [-0.3, -0.25) is 9.48 Å². The number of hydrogen-bond acceptors (Lipinski definition) is 3. The minimum atomic E-state index is -0.176. The molecule has 5 heteroatoms. The molecule has 4 nitrogen and oxygen atoms in total. The van der Waals surface area contributed by atoms with Crippen molar-refractivity contribution < 1.29 is 4.79 Å². The van der Waals surface area contributed by atoms with E-state index in [1.165, 1.54) is 32.1 Å². The monoisotopic (exact) mass is 295 g/mol. The van der Waals surface area contributed by atoms with E-state index in [0.717, 1.165) is 24.0 Å². The van der Waals surface area contributed by atoms with Gasteiger partial charge in [0.15, 0.2) is 0 Å². The fourth-order valence-electron chi connectivity index (χ4n) is 2.71. The summed E-state index contributed by atoms with van der Waals surface area (Å²) in [5.74, 6) is 1.10. The second-order valence-corrected chi connectivity index (χ2v) is 6.74. The van der Waals surface area contributed by atoms with Crippen molar-refractivity contribution in [2.24, 2.45) is 0 Å². The lowest BCUT2D eigenvalue weighted by atomic mass is 10.0. The maximum absolute atomic E-state index is 12.1. The summed E-state index contributed by atoms with van der Waals surface area (Å²) >= 11 is 2.02. The van der Waals surface area contributed by atoms with Gasteiger partial charge in [-0.2, -0.15) is 16.9 Å². The Kier molecular flexibility index (Phi) is 6.43. The third kappa shape index (κ3) is 4.54. The Labute approximate surface area is 125 Å². The molecule has 1 fully saturated rings. The maximum atomic E-state index is 12.1. The number of aromatic nitrogens is 2. The Balaban J connectivity index is 1.66. The smallest absolute Gasteiger partial charge is 0.244 e. The molecule has 1 heterocycles. The van der Waals surface area contributed by atoms with Crippen LogP contribution in [0.5, 0.6) is 0 Å². The molecule has 1 saturated carbocycles. The number of amides is 1. The third-order valence-electron chi connectivity index (χ3n) is 3.84. The van der Waals surface area contributed by atoms with E-state index in [1.54, 1.807) is 10.9 Å². The summed E-state index contributed by atoms with van der Waals surface area (Å²) in [6.45, 7) is 2.78. The topological polar surface area (TPSA) is 46.9 Å². The number of nitrogens with zero attached hydrogens (tertiary/aromatic N) is 2. The molecule has 1 aromatic rings. The van der Waals surface area contributed by atoms with Gasteiger partial charge in [0.2, 0.25) is 5.91 Å². The van der Waals surface area contributed by atoms with Crippen LogP contribution in [0.15, 0.2) is 18.5 Å². The Hall–Kier alpha value is -0.970. The van der Waals surface area contributed by atoms with Gasteiger partial charge in [0.05, 0.1) is 0 Å². The van der Waals surface area contributed by atoms with Crippen LogP contribution in [-0.4, -0.2) is 33.2 Å². The van der Waals surface area contributed by atoms with E-state index in [4.69, 9.17) is 0 Å². The predicted molar refractivity (Wildman–Crippen MR) is 83.9 cm³/mol. The first kappa shape index (κ1) is 15.4. The first-order valence-corrected chi connectivity index (χ1v) is 8.74. The number of carbonyl (C=O) groups excluding carboxylic acids is 1. The van der Waals surface area contributed by atoms with Gasteiger partial charge in [-0.25, -0.2) is 0 Å². The van der Waals surface area contributed by atoms with Crippen molar-refractivity contribution >= 4 is 17.7 Å². The van der Waals surface area contributed by atoms with Crippen LogP contribution in [0.4, 0.5) is 0 Å². The molecule has 1 atom stereocenters. The van der Waals surface area contributed by atoms with Gasteiger partial charge < -0.3 is 5.32 Å². The fourth-order valence-corrected chi connectivity index (χ4v) is 3.93. The number of nitrogens with one attached hydrogen (secondary N) is 1. The highest BCUT2D eigenvalue weighted by atomic mass is 32.2. The number of carbonyl (C=O) groups is 1. The Morgan fingerprint density at radius 1 is 1.45 bits per heavy atom. The summed E-state index contributed by atoms with van der Waals surface area (Å²) in [6, 6.07) is 1.68. The highest BCUT2D eigenvalue weighted by Gasteiger charge is 2.18. The van der Waals surface area contributed by atoms with Gasteiger partial charge in [-0.15, -0.1) is 0 Å². The average molecular weight is 295 g/mol. The Morgan fingerprint density at radius 3 is 2.90 bits per heavy atom. The molecular weight excluding hydrogens is 270 g/mol. The van der Waals surface area contributed by atoms with Gasteiger partial charge in [0, 0.05) is 29.9 Å². The van der Waals surface area contributed by atoms with Crippen molar-refractivity contribution in [2.45, 2.75) is 56.7 Å². The lowest BCUT2D eigenvalue weighted by molar-refractivity contribution is -0.124. The highest BCUT2D eigenvalue weighted by molar-refractivity contribution is 7.99.